The highest BCUT2D eigenvalue weighted by molar-refractivity contribution is 7.46. The van der Waals surface area contributed by atoms with E-state index in [1.165, 1.54) is 35.4 Å². The molecule has 11 heteroatoms. The van der Waals surface area contributed by atoms with E-state index < -0.39 is 32.0 Å². The molecule has 2 bridgehead atoms. The minimum Gasteiger partial charge on any atom is -0.404 e. The van der Waals surface area contributed by atoms with Gasteiger partial charge in [-0.3, -0.25) is 9.79 Å². The molecule has 182 valence electrons. The third-order valence-corrected chi connectivity index (χ3v) is 7.87. The molecule has 5 rings (SSSR count). The Hall–Kier alpha value is -1.42. The average Bonchev–Trinajstić information content (AvgIpc) is 2.72. The molecule has 2 fully saturated rings. The van der Waals surface area contributed by atoms with Crippen LogP contribution < -0.4 is 4.52 Å². The fraction of sp³-hybridized carbons (Fsp3) is 0.636. The second-order valence-electron chi connectivity index (χ2n) is 9.31. The van der Waals surface area contributed by atoms with Gasteiger partial charge in [0.1, 0.15) is 12.4 Å². The van der Waals surface area contributed by atoms with Crippen LogP contribution in [-0.2, 0) is 24.9 Å². The SMILES string of the molecule is O=P(O)(O)Oc1ccc(C2(OCC(F)(F)F)OOC23C2CCCC3C3=C(CCCC3)C2)cc1. The van der Waals surface area contributed by atoms with Gasteiger partial charge in [0.15, 0.2) is 5.60 Å². The van der Waals surface area contributed by atoms with Crippen molar-refractivity contribution in [2.75, 3.05) is 6.61 Å². The minimum absolute atomic E-state index is 0.0545. The van der Waals surface area contributed by atoms with Gasteiger partial charge in [0.2, 0.25) is 0 Å². The molecule has 0 radical (unpaired) electrons. The summed E-state index contributed by atoms with van der Waals surface area (Å²) in [6.45, 7) is -1.51. The highest BCUT2D eigenvalue weighted by Crippen LogP contribution is 2.67. The van der Waals surface area contributed by atoms with Crippen molar-refractivity contribution in [1.82, 2.24) is 0 Å². The van der Waals surface area contributed by atoms with Gasteiger partial charge in [0.25, 0.3) is 5.79 Å². The van der Waals surface area contributed by atoms with Crippen LogP contribution in [0.15, 0.2) is 35.4 Å². The predicted octanol–water partition coefficient (Wildman–Crippen LogP) is 5.28. The molecule has 7 nitrogen and oxygen atoms in total. The van der Waals surface area contributed by atoms with E-state index in [1.54, 1.807) is 0 Å². The van der Waals surface area contributed by atoms with E-state index in [0.29, 0.717) is 5.56 Å². The summed E-state index contributed by atoms with van der Waals surface area (Å²) in [4.78, 5) is 29.4. The number of ether oxygens (including phenoxy) is 1. The number of allylic oxidation sites excluding steroid dienone is 1. The zero-order valence-corrected chi connectivity index (χ0v) is 18.7. The fourth-order valence-corrected chi connectivity index (χ4v) is 6.69. The smallest absolute Gasteiger partial charge is 0.404 e. The van der Waals surface area contributed by atoms with Gasteiger partial charge < -0.3 is 9.26 Å². The number of hydrogen-bond donors (Lipinski definition) is 2. The number of alkyl halides is 3. The third kappa shape index (κ3) is 3.94. The lowest BCUT2D eigenvalue weighted by atomic mass is 9.53. The molecular weight excluding hydrogens is 464 g/mol. The molecular formula is C22H26F3O7P. The minimum atomic E-state index is -4.78. The average molecular weight is 490 g/mol. The van der Waals surface area contributed by atoms with Crippen LogP contribution in [0.3, 0.4) is 0 Å². The predicted molar refractivity (Wildman–Crippen MR) is 109 cm³/mol. The largest absolute Gasteiger partial charge is 0.524 e. The van der Waals surface area contributed by atoms with Gasteiger partial charge in [-0.2, -0.15) is 18.1 Å². The highest BCUT2D eigenvalue weighted by Gasteiger charge is 2.75. The Morgan fingerprint density at radius 3 is 2.42 bits per heavy atom. The molecule has 1 aromatic rings. The van der Waals surface area contributed by atoms with Gasteiger partial charge in [-0.05, 0) is 69.2 Å². The summed E-state index contributed by atoms with van der Waals surface area (Å²) >= 11 is 0. The maximum Gasteiger partial charge on any atom is 0.524 e. The quantitative estimate of drug-likeness (QED) is 0.329. The first-order valence-corrected chi connectivity index (χ1v) is 12.7. The lowest BCUT2D eigenvalue weighted by Gasteiger charge is -2.65. The zero-order chi connectivity index (χ0) is 23.5. The monoisotopic (exact) mass is 490 g/mol. The summed E-state index contributed by atoms with van der Waals surface area (Å²) in [5.41, 5.74) is 1.90. The number of halogens is 3. The summed E-state index contributed by atoms with van der Waals surface area (Å²) < 4.78 is 61.2. The van der Waals surface area contributed by atoms with E-state index in [4.69, 9.17) is 24.3 Å². The van der Waals surface area contributed by atoms with Crippen molar-refractivity contribution >= 4 is 7.82 Å². The second-order valence-corrected chi connectivity index (χ2v) is 10.5. The lowest BCUT2D eigenvalue weighted by Crippen LogP contribution is -2.75. The Bertz CT molecular complexity index is 989. The molecule has 4 atom stereocenters. The Morgan fingerprint density at radius 1 is 1.06 bits per heavy atom. The van der Waals surface area contributed by atoms with Gasteiger partial charge in [-0.1, -0.05) is 17.6 Å². The number of phosphoric acid groups is 1. The molecule has 0 aromatic heterocycles. The summed E-state index contributed by atoms with van der Waals surface area (Å²) in [6.07, 6.45) is 2.82. The first-order valence-electron chi connectivity index (χ1n) is 11.2. The Kier molecular flexibility index (Phi) is 5.70. The van der Waals surface area contributed by atoms with Crippen molar-refractivity contribution in [3.05, 3.63) is 41.0 Å². The van der Waals surface area contributed by atoms with Gasteiger partial charge in [-0.15, -0.1) is 0 Å². The number of hydrogen-bond acceptors (Lipinski definition) is 5. The molecule has 1 saturated carbocycles. The van der Waals surface area contributed by atoms with Crippen molar-refractivity contribution < 1.29 is 46.6 Å². The Morgan fingerprint density at radius 2 is 1.79 bits per heavy atom. The molecule has 1 aliphatic heterocycles. The third-order valence-electron chi connectivity index (χ3n) is 7.42. The van der Waals surface area contributed by atoms with Crippen LogP contribution >= 0.6 is 7.82 Å². The summed E-state index contributed by atoms with van der Waals surface area (Å²) in [5, 5.41) is 0. The maximum absolute atomic E-state index is 13.3. The van der Waals surface area contributed by atoms with Crippen LogP contribution in [0.25, 0.3) is 0 Å². The molecule has 1 spiro atoms. The molecule has 3 aliphatic carbocycles. The maximum atomic E-state index is 13.3. The van der Waals surface area contributed by atoms with Crippen LogP contribution in [0.1, 0.15) is 56.9 Å². The molecule has 33 heavy (non-hydrogen) atoms. The molecule has 4 unspecified atom stereocenters. The van der Waals surface area contributed by atoms with E-state index in [9.17, 15) is 17.7 Å². The van der Waals surface area contributed by atoms with Crippen molar-refractivity contribution in [3.8, 4) is 5.75 Å². The fourth-order valence-electron chi connectivity index (χ4n) is 6.30. The number of fused-ring (bicyclic) bond motifs is 1. The number of rotatable bonds is 5. The zero-order valence-electron chi connectivity index (χ0n) is 17.8. The standard InChI is InChI=1S/C22H26F3O7P/c23-20(24,25)13-29-22(15-8-10-17(11-9-15)30-33(26,27)28)21(31-32-22)16-5-3-7-19(21)18-6-2-1-4-14(18)12-16/h8-11,16,19H,1-7,12-13H2,(H2,26,27,28). The van der Waals surface area contributed by atoms with E-state index >= 15 is 0 Å². The van der Waals surface area contributed by atoms with Crippen LogP contribution in [0.5, 0.6) is 5.75 Å². The first-order chi connectivity index (χ1) is 15.5. The van der Waals surface area contributed by atoms with Crippen molar-refractivity contribution in [3.63, 3.8) is 0 Å². The Balaban J connectivity index is 1.57. The van der Waals surface area contributed by atoms with Crippen LogP contribution in [0.4, 0.5) is 13.2 Å². The van der Waals surface area contributed by atoms with Crippen LogP contribution in [-0.4, -0.2) is 28.2 Å². The van der Waals surface area contributed by atoms with E-state index in [2.05, 4.69) is 4.52 Å². The normalized spacial score (nSPS) is 34.1. The van der Waals surface area contributed by atoms with E-state index in [-0.39, 0.29) is 17.6 Å². The molecule has 2 N–H and O–H groups in total. The van der Waals surface area contributed by atoms with E-state index in [1.807, 2.05) is 0 Å². The van der Waals surface area contributed by atoms with Crippen molar-refractivity contribution in [2.24, 2.45) is 11.8 Å². The molecule has 1 heterocycles. The highest BCUT2D eigenvalue weighted by atomic mass is 31.2. The van der Waals surface area contributed by atoms with Gasteiger partial charge in [-0.25, -0.2) is 9.45 Å². The second kappa shape index (κ2) is 8.07. The first kappa shape index (κ1) is 23.3. The Labute approximate surface area is 189 Å². The van der Waals surface area contributed by atoms with Crippen LogP contribution in [0, 0.1) is 11.8 Å². The molecule has 4 aliphatic rings. The number of phosphoric ester groups is 1. The summed E-state index contributed by atoms with van der Waals surface area (Å²) in [6, 6.07) is 5.41. The van der Waals surface area contributed by atoms with E-state index in [0.717, 1.165) is 51.4 Å². The van der Waals surface area contributed by atoms with Gasteiger partial charge in [0.05, 0.1) is 0 Å². The van der Waals surface area contributed by atoms with Crippen LogP contribution in [0.2, 0.25) is 0 Å². The summed E-state index contributed by atoms with van der Waals surface area (Å²) in [7, 11) is -4.78. The molecule has 0 amide bonds. The van der Waals surface area contributed by atoms with Crippen molar-refractivity contribution in [2.45, 2.75) is 68.9 Å². The molecule has 1 saturated heterocycles. The van der Waals surface area contributed by atoms with Gasteiger partial charge in [0, 0.05) is 17.4 Å². The summed E-state index contributed by atoms with van der Waals surface area (Å²) in [5.74, 6) is -2.06. The molecule has 1 aromatic carbocycles. The lowest BCUT2D eigenvalue weighted by molar-refractivity contribution is -0.644. The number of benzene rings is 1. The van der Waals surface area contributed by atoms with Crippen molar-refractivity contribution in [1.29, 1.82) is 0 Å². The topological polar surface area (TPSA) is 94.5 Å². The van der Waals surface area contributed by atoms with Gasteiger partial charge >= 0.3 is 14.0 Å².